The summed E-state index contributed by atoms with van der Waals surface area (Å²) in [4.78, 5) is 9.54. The number of hydrogen-bond donors (Lipinski definition) is 1. The molecule has 1 saturated heterocycles. The summed E-state index contributed by atoms with van der Waals surface area (Å²) in [5.74, 6) is 0. The van der Waals surface area contributed by atoms with Crippen LogP contribution in [0, 0.1) is 0 Å². The Morgan fingerprint density at radius 3 is 2.81 bits per heavy atom. The lowest BCUT2D eigenvalue weighted by molar-refractivity contribution is 0.199. The van der Waals surface area contributed by atoms with E-state index >= 15 is 0 Å². The van der Waals surface area contributed by atoms with Gasteiger partial charge in [-0.3, -0.25) is 9.88 Å². The molecule has 2 aliphatic rings. The van der Waals surface area contributed by atoms with Crippen molar-refractivity contribution in [3.63, 3.8) is 0 Å². The lowest BCUT2D eigenvalue weighted by Crippen LogP contribution is -2.37. The predicted molar refractivity (Wildman–Crippen MR) is 86.1 cm³/mol. The molecule has 0 aromatic carbocycles. The minimum atomic E-state index is 0.693. The smallest absolute Gasteiger partial charge is 0.0544 e. The van der Waals surface area contributed by atoms with Gasteiger partial charge in [-0.25, -0.2) is 0 Å². The van der Waals surface area contributed by atoms with Crippen LogP contribution in [0.1, 0.15) is 36.9 Å². The summed E-state index contributed by atoms with van der Waals surface area (Å²) >= 11 is 0. The lowest BCUT2D eigenvalue weighted by Gasteiger charge is -2.26. The molecule has 1 aromatic heterocycles. The molecule has 3 rings (SSSR count). The fraction of sp³-hybridized carbons (Fsp3) is 0.706. The maximum Gasteiger partial charge on any atom is 0.0544 e. The molecule has 1 N–H and O–H groups in total. The molecule has 2 heterocycles. The van der Waals surface area contributed by atoms with Crippen molar-refractivity contribution in [3.8, 4) is 0 Å². The average molecular weight is 288 g/mol. The van der Waals surface area contributed by atoms with Crippen molar-refractivity contribution in [2.24, 2.45) is 0 Å². The molecular weight excluding hydrogens is 260 g/mol. The van der Waals surface area contributed by atoms with E-state index in [9.17, 15) is 0 Å². The van der Waals surface area contributed by atoms with Crippen molar-refractivity contribution in [3.05, 3.63) is 29.6 Å². The molecule has 0 radical (unpaired) electrons. The van der Waals surface area contributed by atoms with Crippen LogP contribution in [0.4, 0.5) is 0 Å². The maximum atomic E-state index is 4.66. The topological polar surface area (TPSA) is 31.4 Å². The zero-order valence-electron chi connectivity index (χ0n) is 13.4. The van der Waals surface area contributed by atoms with Crippen molar-refractivity contribution in [1.82, 2.24) is 20.1 Å². The third-order valence-electron chi connectivity index (χ3n) is 4.50. The summed E-state index contributed by atoms with van der Waals surface area (Å²) < 4.78 is 0. The first kappa shape index (κ1) is 14.9. The quantitative estimate of drug-likeness (QED) is 0.830. The predicted octanol–water partition coefficient (Wildman–Crippen LogP) is 1.86. The molecule has 0 bridgehead atoms. The van der Waals surface area contributed by atoms with Gasteiger partial charge in [-0.15, -0.1) is 0 Å². The van der Waals surface area contributed by atoms with E-state index in [0.29, 0.717) is 6.04 Å². The Morgan fingerprint density at radius 2 is 2.14 bits per heavy atom. The summed E-state index contributed by atoms with van der Waals surface area (Å²) in [5, 5.41) is 3.54. The van der Waals surface area contributed by atoms with Gasteiger partial charge < -0.3 is 10.2 Å². The first-order valence-electron chi connectivity index (χ1n) is 8.26. The van der Waals surface area contributed by atoms with E-state index in [1.54, 1.807) is 0 Å². The van der Waals surface area contributed by atoms with Crippen LogP contribution in [0.25, 0.3) is 0 Å². The van der Waals surface area contributed by atoms with Crippen molar-refractivity contribution >= 4 is 0 Å². The fourth-order valence-corrected chi connectivity index (χ4v) is 3.14. The number of aromatic nitrogens is 1. The van der Waals surface area contributed by atoms with E-state index in [1.165, 1.54) is 43.5 Å². The second-order valence-corrected chi connectivity index (χ2v) is 6.84. The Labute approximate surface area is 128 Å². The summed E-state index contributed by atoms with van der Waals surface area (Å²) in [6.07, 6.45) is 7.37. The van der Waals surface area contributed by atoms with E-state index in [1.807, 2.05) is 6.20 Å². The summed E-state index contributed by atoms with van der Waals surface area (Å²) in [6, 6.07) is 5.89. The van der Waals surface area contributed by atoms with Gasteiger partial charge >= 0.3 is 0 Å². The summed E-state index contributed by atoms with van der Waals surface area (Å²) in [5.41, 5.74) is 2.51. The van der Waals surface area contributed by atoms with Gasteiger partial charge in [-0.05, 0) is 58.0 Å². The molecule has 1 unspecified atom stereocenters. The van der Waals surface area contributed by atoms with Gasteiger partial charge in [0.15, 0.2) is 0 Å². The molecule has 4 heteroatoms. The second-order valence-electron chi connectivity index (χ2n) is 6.84. The van der Waals surface area contributed by atoms with Gasteiger partial charge in [0, 0.05) is 37.9 Å². The number of likely N-dealkylation sites (N-methyl/N-ethyl adjacent to an activating group) is 1. The van der Waals surface area contributed by atoms with Crippen LogP contribution in [0.5, 0.6) is 0 Å². The van der Waals surface area contributed by atoms with Gasteiger partial charge in [-0.1, -0.05) is 6.07 Å². The van der Waals surface area contributed by atoms with Crippen LogP contribution in [0.2, 0.25) is 0 Å². The molecule has 1 aliphatic carbocycles. The van der Waals surface area contributed by atoms with Gasteiger partial charge in [-0.2, -0.15) is 0 Å². The third-order valence-corrected chi connectivity index (χ3v) is 4.50. The standard InChI is InChI=1S/C17H28N4/c1-20(2)13-17-4-3-9-21(17)12-16-6-5-14(11-19-16)10-18-15-7-8-15/h5-6,11,15,17-18H,3-4,7-10,12-13H2,1-2H3. The Hall–Kier alpha value is -0.970. The van der Waals surface area contributed by atoms with Crippen LogP contribution in [0.15, 0.2) is 18.3 Å². The zero-order chi connectivity index (χ0) is 14.7. The Bertz CT molecular complexity index is 439. The lowest BCUT2D eigenvalue weighted by atomic mass is 10.2. The van der Waals surface area contributed by atoms with Gasteiger partial charge in [0.05, 0.1) is 5.69 Å². The monoisotopic (exact) mass is 288 g/mol. The number of nitrogens with one attached hydrogen (secondary N) is 1. The van der Waals surface area contributed by atoms with Crippen molar-refractivity contribution in [2.75, 3.05) is 27.2 Å². The number of likely N-dealkylation sites (tertiary alicyclic amines) is 1. The molecule has 1 aromatic rings. The van der Waals surface area contributed by atoms with Gasteiger partial charge in [0.1, 0.15) is 0 Å². The van der Waals surface area contributed by atoms with Crippen molar-refractivity contribution in [1.29, 1.82) is 0 Å². The fourth-order valence-electron chi connectivity index (χ4n) is 3.14. The number of rotatable bonds is 7. The molecule has 116 valence electrons. The van der Waals surface area contributed by atoms with Crippen LogP contribution >= 0.6 is 0 Å². The minimum absolute atomic E-state index is 0.693. The molecule has 1 aliphatic heterocycles. The van der Waals surface area contributed by atoms with Crippen LogP contribution in [0.3, 0.4) is 0 Å². The largest absolute Gasteiger partial charge is 0.310 e. The van der Waals surface area contributed by atoms with Crippen molar-refractivity contribution < 1.29 is 0 Å². The van der Waals surface area contributed by atoms with Crippen LogP contribution in [-0.4, -0.2) is 54.1 Å². The van der Waals surface area contributed by atoms with Crippen molar-refractivity contribution in [2.45, 2.75) is 50.9 Å². The third kappa shape index (κ3) is 4.50. The molecule has 1 saturated carbocycles. The Kier molecular flexibility index (Phi) is 4.88. The minimum Gasteiger partial charge on any atom is -0.310 e. The highest BCUT2D eigenvalue weighted by Crippen LogP contribution is 2.21. The number of pyridine rings is 1. The first-order chi connectivity index (χ1) is 10.2. The highest BCUT2D eigenvalue weighted by molar-refractivity contribution is 5.14. The average Bonchev–Trinajstić information content (AvgIpc) is 3.20. The molecule has 21 heavy (non-hydrogen) atoms. The number of hydrogen-bond acceptors (Lipinski definition) is 4. The van der Waals surface area contributed by atoms with E-state index in [0.717, 1.165) is 25.7 Å². The summed E-state index contributed by atoms with van der Waals surface area (Å²) in [7, 11) is 4.33. The first-order valence-corrected chi connectivity index (χ1v) is 8.26. The normalized spacial score (nSPS) is 23.1. The van der Waals surface area contributed by atoms with Gasteiger partial charge in [0.2, 0.25) is 0 Å². The van der Waals surface area contributed by atoms with Crippen LogP contribution < -0.4 is 5.32 Å². The van der Waals surface area contributed by atoms with Crippen LogP contribution in [-0.2, 0) is 13.1 Å². The highest BCUT2D eigenvalue weighted by atomic mass is 15.2. The molecule has 4 nitrogen and oxygen atoms in total. The maximum absolute atomic E-state index is 4.66. The number of nitrogens with zero attached hydrogens (tertiary/aromatic N) is 3. The zero-order valence-corrected chi connectivity index (χ0v) is 13.4. The molecular formula is C17H28N4. The van der Waals surface area contributed by atoms with E-state index in [4.69, 9.17) is 0 Å². The Balaban J connectivity index is 1.51. The SMILES string of the molecule is CN(C)CC1CCCN1Cc1ccc(CNC2CC2)cn1. The van der Waals surface area contributed by atoms with Gasteiger partial charge in [0.25, 0.3) is 0 Å². The van der Waals surface area contributed by atoms with E-state index in [2.05, 4.69) is 46.3 Å². The van der Waals surface area contributed by atoms with E-state index in [-0.39, 0.29) is 0 Å². The molecule has 2 fully saturated rings. The van der Waals surface area contributed by atoms with E-state index < -0.39 is 0 Å². The molecule has 0 spiro atoms. The molecule has 0 amide bonds. The second kappa shape index (κ2) is 6.86. The summed E-state index contributed by atoms with van der Waals surface area (Å²) in [6.45, 7) is 4.33. The highest BCUT2D eigenvalue weighted by Gasteiger charge is 2.25. The Morgan fingerprint density at radius 1 is 1.29 bits per heavy atom. The molecule has 1 atom stereocenters.